The van der Waals surface area contributed by atoms with Gasteiger partial charge in [0.05, 0.1) is 3.79 Å². The normalized spacial score (nSPS) is 10.5. The Morgan fingerprint density at radius 1 is 1.42 bits per heavy atom. The minimum atomic E-state index is -0.100. The van der Waals surface area contributed by atoms with Crippen LogP contribution in [0.4, 0.5) is 5.69 Å². The number of halogens is 2. The third-order valence-electron chi connectivity index (χ3n) is 2.56. The summed E-state index contributed by atoms with van der Waals surface area (Å²) in [6.45, 7) is 0.549. The van der Waals surface area contributed by atoms with Crippen molar-refractivity contribution in [1.29, 1.82) is 0 Å². The molecule has 0 atom stereocenters. The van der Waals surface area contributed by atoms with Crippen molar-refractivity contribution in [3.05, 3.63) is 49.6 Å². The van der Waals surface area contributed by atoms with Crippen molar-refractivity contribution in [3.8, 4) is 0 Å². The summed E-state index contributed by atoms with van der Waals surface area (Å²) >= 11 is 10.9. The third-order valence-corrected chi connectivity index (χ3v) is 4.33. The highest BCUT2D eigenvalue weighted by atomic mass is 79.9. The van der Waals surface area contributed by atoms with E-state index in [1.165, 1.54) is 0 Å². The summed E-state index contributed by atoms with van der Waals surface area (Å²) in [6.07, 6.45) is 0. The molecule has 2 N–H and O–H groups in total. The molecule has 0 aliphatic rings. The number of rotatable bonds is 3. The van der Waals surface area contributed by atoms with Crippen LogP contribution in [-0.4, -0.2) is 17.9 Å². The predicted octanol–water partition coefficient (Wildman–Crippen LogP) is 4.02. The van der Waals surface area contributed by atoms with Gasteiger partial charge in [-0.25, -0.2) is 0 Å². The molecule has 19 heavy (non-hydrogen) atoms. The van der Waals surface area contributed by atoms with Crippen molar-refractivity contribution in [3.63, 3.8) is 0 Å². The van der Waals surface area contributed by atoms with Gasteiger partial charge in [0.25, 0.3) is 5.91 Å². The second-order valence-electron chi connectivity index (χ2n) is 4.19. The molecule has 2 aromatic rings. The van der Waals surface area contributed by atoms with E-state index >= 15 is 0 Å². The first-order valence-corrected chi connectivity index (χ1v) is 7.55. The van der Waals surface area contributed by atoms with E-state index in [0.29, 0.717) is 22.8 Å². The van der Waals surface area contributed by atoms with Gasteiger partial charge in [-0.15, -0.1) is 11.3 Å². The molecule has 0 saturated carbocycles. The first-order valence-electron chi connectivity index (χ1n) is 5.50. The van der Waals surface area contributed by atoms with Gasteiger partial charge in [-0.2, -0.15) is 0 Å². The molecule has 0 bridgehead atoms. The van der Waals surface area contributed by atoms with E-state index in [-0.39, 0.29) is 5.91 Å². The summed E-state index contributed by atoms with van der Waals surface area (Å²) in [5, 5.41) is 2.48. The van der Waals surface area contributed by atoms with Crippen molar-refractivity contribution in [2.75, 3.05) is 12.8 Å². The van der Waals surface area contributed by atoms with Crippen molar-refractivity contribution in [1.82, 2.24) is 4.90 Å². The number of anilines is 1. The Kier molecular flexibility index (Phi) is 4.50. The number of carbonyl (C=O) groups excluding carboxylic acids is 1. The molecule has 1 amide bonds. The lowest BCUT2D eigenvalue weighted by Crippen LogP contribution is -2.26. The molecule has 100 valence electrons. The van der Waals surface area contributed by atoms with E-state index in [9.17, 15) is 4.79 Å². The summed E-state index contributed by atoms with van der Waals surface area (Å²) in [7, 11) is 1.75. The Hall–Kier alpha value is -1.04. The number of benzene rings is 1. The zero-order valence-electron chi connectivity index (χ0n) is 10.2. The molecule has 0 unspecified atom stereocenters. The average molecular weight is 360 g/mol. The highest BCUT2D eigenvalue weighted by molar-refractivity contribution is 9.11. The van der Waals surface area contributed by atoms with Crippen LogP contribution >= 0.6 is 38.9 Å². The Morgan fingerprint density at radius 3 is 2.74 bits per heavy atom. The van der Waals surface area contributed by atoms with Crippen LogP contribution in [-0.2, 0) is 6.54 Å². The maximum atomic E-state index is 12.3. The first kappa shape index (κ1) is 14.4. The molecule has 1 aromatic carbocycles. The fourth-order valence-electron chi connectivity index (χ4n) is 1.73. The van der Waals surface area contributed by atoms with Crippen LogP contribution in [0.25, 0.3) is 0 Å². The number of hydrogen-bond donors (Lipinski definition) is 1. The van der Waals surface area contributed by atoms with Gasteiger partial charge in [-0.05, 0) is 51.1 Å². The van der Waals surface area contributed by atoms with Crippen molar-refractivity contribution in [2.24, 2.45) is 0 Å². The van der Waals surface area contributed by atoms with Crippen molar-refractivity contribution in [2.45, 2.75) is 6.54 Å². The fraction of sp³-hybridized carbons (Fsp3) is 0.154. The Morgan fingerprint density at radius 2 is 2.16 bits per heavy atom. The standard InChI is InChI=1S/C13H12BrClN2OS/c1-17(6-8-2-12(14)19-7-8)13(18)9-3-10(15)5-11(16)4-9/h2-5,7H,6,16H2,1H3. The van der Waals surface area contributed by atoms with Crippen LogP contribution in [0.5, 0.6) is 0 Å². The summed E-state index contributed by atoms with van der Waals surface area (Å²) in [4.78, 5) is 13.9. The maximum absolute atomic E-state index is 12.3. The first-order chi connectivity index (χ1) is 8.95. The van der Waals surface area contributed by atoms with Crippen LogP contribution in [0.1, 0.15) is 15.9 Å². The molecule has 0 radical (unpaired) electrons. The molecular weight excluding hydrogens is 348 g/mol. The quantitative estimate of drug-likeness (QED) is 0.841. The van der Waals surface area contributed by atoms with Gasteiger partial charge in [0.2, 0.25) is 0 Å². The summed E-state index contributed by atoms with van der Waals surface area (Å²) in [6, 6.07) is 6.88. The summed E-state index contributed by atoms with van der Waals surface area (Å²) in [5.41, 5.74) is 7.77. The minimum Gasteiger partial charge on any atom is -0.399 e. The third kappa shape index (κ3) is 3.72. The molecule has 0 fully saturated rings. The summed E-state index contributed by atoms with van der Waals surface area (Å²) in [5.74, 6) is -0.100. The van der Waals surface area contributed by atoms with E-state index in [0.717, 1.165) is 9.35 Å². The molecule has 0 spiro atoms. The Labute approximate surface area is 129 Å². The topological polar surface area (TPSA) is 46.3 Å². The lowest BCUT2D eigenvalue weighted by atomic mass is 10.1. The number of thiophene rings is 1. The number of nitrogen functional groups attached to an aromatic ring is 1. The zero-order valence-corrected chi connectivity index (χ0v) is 13.3. The molecule has 1 aromatic heterocycles. The molecule has 0 saturated heterocycles. The van der Waals surface area contributed by atoms with Gasteiger partial charge in [0.1, 0.15) is 0 Å². The zero-order chi connectivity index (χ0) is 14.0. The molecule has 6 heteroatoms. The molecule has 3 nitrogen and oxygen atoms in total. The van der Waals surface area contributed by atoms with Crippen molar-refractivity contribution >= 4 is 50.5 Å². The second kappa shape index (κ2) is 5.94. The number of nitrogens with zero attached hydrogens (tertiary/aromatic N) is 1. The number of amides is 1. The van der Waals surface area contributed by atoms with Crippen LogP contribution < -0.4 is 5.73 Å². The van der Waals surface area contributed by atoms with Crippen LogP contribution in [0.3, 0.4) is 0 Å². The summed E-state index contributed by atoms with van der Waals surface area (Å²) < 4.78 is 1.05. The van der Waals surface area contributed by atoms with Crippen molar-refractivity contribution < 1.29 is 4.79 Å². The van der Waals surface area contributed by atoms with E-state index in [2.05, 4.69) is 15.9 Å². The lowest BCUT2D eigenvalue weighted by molar-refractivity contribution is 0.0785. The smallest absolute Gasteiger partial charge is 0.254 e. The van der Waals surface area contributed by atoms with Crippen LogP contribution in [0.2, 0.25) is 5.02 Å². The number of carbonyl (C=O) groups is 1. The largest absolute Gasteiger partial charge is 0.399 e. The molecular formula is C13H12BrClN2OS. The monoisotopic (exact) mass is 358 g/mol. The minimum absolute atomic E-state index is 0.100. The second-order valence-corrected chi connectivity index (χ2v) is 6.92. The predicted molar refractivity (Wildman–Crippen MR) is 83.7 cm³/mol. The van der Waals surface area contributed by atoms with E-state index in [4.69, 9.17) is 17.3 Å². The van der Waals surface area contributed by atoms with Gasteiger partial charge in [-0.1, -0.05) is 11.6 Å². The van der Waals surface area contributed by atoms with Gasteiger partial charge in [0, 0.05) is 29.9 Å². The molecule has 1 heterocycles. The van der Waals surface area contributed by atoms with Gasteiger partial charge >= 0.3 is 0 Å². The number of hydrogen-bond acceptors (Lipinski definition) is 3. The Balaban J connectivity index is 2.14. The highest BCUT2D eigenvalue weighted by Gasteiger charge is 2.13. The van der Waals surface area contributed by atoms with Gasteiger partial charge < -0.3 is 10.6 Å². The maximum Gasteiger partial charge on any atom is 0.254 e. The van der Waals surface area contributed by atoms with E-state index < -0.39 is 0 Å². The van der Waals surface area contributed by atoms with Gasteiger partial charge in [0.15, 0.2) is 0 Å². The Bertz CT molecular complexity index is 594. The van der Waals surface area contributed by atoms with E-state index in [1.54, 1.807) is 41.5 Å². The van der Waals surface area contributed by atoms with E-state index in [1.807, 2.05) is 11.4 Å². The average Bonchev–Trinajstić information content (AvgIpc) is 2.72. The van der Waals surface area contributed by atoms with Crippen LogP contribution in [0, 0.1) is 0 Å². The lowest BCUT2D eigenvalue weighted by Gasteiger charge is -2.17. The number of nitrogens with two attached hydrogens (primary N) is 1. The highest BCUT2D eigenvalue weighted by Crippen LogP contribution is 2.22. The van der Waals surface area contributed by atoms with Crippen LogP contribution in [0.15, 0.2) is 33.4 Å². The SMILES string of the molecule is CN(Cc1csc(Br)c1)C(=O)c1cc(N)cc(Cl)c1. The fourth-order valence-corrected chi connectivity index (χ4v) is 3.17. The molecule has 2 rings (SSSR count). The molecule has 0 aliphatic carbocycles. The van der Waals surface area contributed by atoms with Gasteiger partial charge in [-0.3, -0.25) is 4.79 Å². The molecule has 0 aliphatic heterocycles.